The number of hydrogen-bond acceptors (Lipinski definition) is 3. The highest BCUT2D eigenvalue weighted by atomic mass is 79.9. The van der Waals surface area contributed by atoms with Crippen molar-refractivity contribution in [2.45, 2.75) is 39.0 Å². The zero-order valence-electron chi connectivity index (χ0n) is 11.8. The van der Waals surface area contributed by atoms with E-state index in [0.29, 0.717) is 0 Å². The van der Waals surface area contributed by atoms with Crippen LogP contribution >= 0.6 is 15.9 Å². The van der Waals surface area contributed by atoms with Gasteiger partial charge in [0.2, 0.25) is 0 Å². The van der Waals surface area contributed by atoms with Gasteiger partial charge in [-0.3, -0.25) is 10.1 Å². The lowest BCUT2D eigenvalue weighted by Crippen LogP contribution is -2.25. The van der Waals surface area contributed by atoms with Gasteiger partial charge in [-0.15, -0.1) is 0 Å². The molecule has 1 aliphatic heterocycles. The van der Waals surface area contributed by atoms with Crippen molar-refractivity contribution in [1.82, 2.24) is 0 Å². The molecule has 4 nitrogen and oxygen atoms in total. The summed E-state index contributed by atoms with van der Waals surface area (Å²) in [5.41, 5.74) is 0.962. The van der Waals surface area contributed by atoms with E-state index < -0.39 is 0 Å². The van der Waals surface area contributed by atoms with Crippen LogP contribution in [-0.2, 0) is 0 Å². The minimum Gasteiger partial charge on any atom is -0.366 e. The lowest BCUT2D eigenvalue weighted by Gasteiger charge is -2.22. The van der Waals surface area contributed by atoms with E-state index in [4.69, 9.17) is 0 Å². The lowest BCUT2D eigenvalue weighted by molar-refractivity contribution is -0.384. The molecule has 0 aliphatic carbocycles. The fourth-order valence-electron chi connectivity index (χ4n) is 3.01. The lowest BCUT2D eigenvalue weighted by atomic mass is 9.96. The maximum Gasteiger partial charge on any atom is 0.293 e. The molecule has 1 aromatic rings. The monoisotopic (exact) mass is 340 g/mol. The average molecular weight is 341 g/mol. The Morgan fingerprint density at radius 3 is 2.90 bits per heavy atom. The Bertz CT molecular complexity index is 479. The predicted octanol–water partition coefficient (Wildman–Crippen LogP) is 4.76. The van der Waals surface area contributed by atoms with E-state index in [1.54, 1.807) is 6.07 Å². The molecule has 5 heteroatoms. The summed E-state index contributed by atoms with van der Waals surface area (Å²) in [6.45, 7) is 4.07. The predicted molar refractivity (Wildman–Crippen MR) is 85.3 cm³/mol. The molecule has 1 fully saturated rings. The highest BCUT2D eigenvalue weighted by Gasteiger charge is 2.23. The summed E-state index contributed by atoms with van der Waals surface area (Å²) in [6, 6.07) is 5.35. The number of anilines is 1. The first kappa shape index (κ1) is 15.3. The SMILES string of the molecule is CCCC1CCCN(c2ccc(Br)cc2[N+](=O)[O-])CC1. The minimum absolute atomic E-state index is 0.202. The van der Waals surface area contributed by atoms with Gasteiger partial charge < -0.3 is 4.90 Å². The van der Waals surface area contributed by atoms with Gasteiger partial charge in [0.1, 0.15) is 5.69 Å². The van der Waals surface area contributed by atoms with E-state index in [-0.39, 0.29) is 10.6 Å². The van der Waals surface area contributed by atoms with Crippen molar-refractivity contribution >= 4 is 27.3 Å². The second kappa shape index (κ2) is 7.07. The van der Waals surface area contributed by atoms with E-state index in [1.165, 1.54) is 19.3 Å². The molecule has 1 unspecified atom stereocenters. The van der Waals surface area contributed by atoms with Crippen LogP contribution in [0.2, 0.25) is 0 Å². The molecule has 0 radical (unpaired) electrons. The topological polar surface area (TPSA) is 46.4 Å². The van der Waals surface area contributed by atoms with Crippen LogP contribution in [0.25, 0.3) is 0 Å². The maximum absolute atomic E-state index is 11.2. The number of nitrogens with zero attached hydrogens (tertiary/aromatic N) is 2. The molecule has 0 amide bonds. The van der Waals surface area contributed by atoms with E-state index in [0.717, 1.165) is 42.0 Å². The largest absolute Gasteiger partial charge is 0.366 e. The molecule has 2 rings (SSSR count). The van der Waals surface area contributed by atoms with Gasteiger partial charge in [0.25, 0.3) is 5.69 Å². The summed E-state index contributed by atoms with van der Waals surface area (Å²) in [6.07, 6.45) is 6.01. The Balaban J connectivity index is 2.17. The summed E-state index contributed by atoms with van der Waals surface area (Å²) in [4.78, 5) is 13.1. The van der Waals surface area contributed by atoms with Crippen molar-refractivity contribution in [2.75, 3.05) is 18.0 Å². The first-order valence-electron chi connectivity index (χ1n) is 7.30. The molecule has 1 heterocycles. The molecule has 1 atom stereocenters. The van der Waals surface area contributed by atoms with Crippen LogP contribution in [0.4, 0.5) is 11.4 Å². The van der Waals surface area contributed by atoms with Crippen LogP contribution in [0.1, 0.15) is 39.0 Å². The molecular formula is C15H21BrN2O2. The Hall–Kier alpha value is -1.10. The van der Waals surface area contributed by atoms with Gasteiger partial charge in [0, 0.05) is 23.6 Å². The van der Waals surface area contributed by atoms with Crippen LogP contribution in [0.5, 0.6) is 0 Å². The normalized spacial score (nSPS) is 19.7. The van der Waals surface area contributed by atoms with Crippen LogP contribution in [0, 0.1) is 16.0 Å². The smallest absolute Gasteiger partial charge is 0.293 e. The Labute approximate surface area is 128 Å². The van der Waals surface area contributed by atoms with Gasteiger partial charge in [-0.05, 0) is 37.3 Å². The van der Waals surface area contributed by atoms with Crippen LogP contribution in [0.3, 0.4) is 0 Å². The van der Waals surface area contributed by atoms with Gasteiger partial charge in [-0.25, -0.2) is 0 Å². The molecule has 1 aliphatic rings. The molecule has 110 valence electrons. The first-order valence-corrected chi connectivity index (χ1v) is 8.10. The Morgan fingerprint density at radius 2 is 2.20 bits per heavy atom. The highest BCUT2D eigenvalue weighted by Crippen LogP contribution is 2.33. The van der Waals surface area contributed by atoms with E-state index in [9.17, 15) is 10.1 Å². The van der Waals surface area contributed by atoms with Gasteiger partial charge in [-0.2, -0.15) is 0 Å². The number of rotatable bonds is 4. The maximum atomic E-state index is 11.2. The molecular weight excluding hydrogens is 320 g/mol. The summed E-state index contributed by atoms with van der Waals surface area (Å²) >= 11 is 3.31. The van der Waals surface area contributed by atoms with E-state index in [2.05, 4.69) is 27.8 Å². The van der Waals surface area contributed by atoms with Crippen molar-refractivity contribution in [3.8, 4) is 0 Å². The molecule has 0 bridgehead atoms. The Kier molecular flexibility index (Phi) is 5.40. The van der Waals surface area contributed by atoms with Crippen molar-refractivity contribution in [3.05, 3.63) is 32.8 Å². The summed E-state index contributed by atoms with van der Waals surface area (Å²) in [5.74, 6) is 0.777. The van der Waals surface area contributed by atoms with Gasteiger partial charge in [0.15, 0.2) is 0 Å². The molecule has 1 aromatic carbocycles. The summed E-state index contributed by atoms with van der Waals surface area (Å²) in [7, 11) is 0. The number of hydrogen-bond donors (Lipinski definition) is 0. The third kappa shape index (κ3) is 3.72. The third-order valence-corrected chi connectivity index (χ3v) is 4.51. The standard InChI is InChI=1S/C15H21BrN2O2/c1-2-4-12-5-3-9-17(10-8-12)14-7-6-13(16)11-15(14)18(19)20/h6-7,11-12H,2-5,8-10H2,1H3. The first-order chi connectivity index (χ1) is 9.61. The highest BCUT2D eigenvalue weighted by molar-refractivity contribution is 9.10. The van der Waals surface area contributed by atoms with Crippen molar-refractivity contribution in [3.63, 3.8) is 0 Å². The number of nitro benzene ring substituents is 1. The minimum atomic E-state index is -0.283. The summed E-state index contributed by atoms with van der Waals surface area (Å²) in [5, 5.41) is 11.2. The average Bonchev–Trinajstić information content (AvgIpc) is 2.65. The van der Waals surface area contributed by atoms with Crippen LogP contribution in [0.15, 0.2) is 22.7 Å². The molecule has 1 saturated heterocycles. The Morgan fingerprint density at radius 1 is 1.40 bits per heavy atom. The number of halogens is 1. The van der Waals surface area contributed by atoms with Gasteiger partial charge in [0.05, 0.1) is 4.92 Å². The fourth-order valence-corrected chi connectivity index (χ4v) is 3.36. The number of benzene rings is 1. The zero-order chi connectivity index (χ0) is 14.5. The number of nitro groups is 1. The summed E-state index contributed by atoms with van der Waals surface area (Å²) < 4.78 is 0.756. The van der Waals surface area contributed by atoms with Gasteiger partial charge in [-0.1, -0.05) is 35.7 Å². The van der Waals surface area contributed by atoms with Gasteiger partial charge >= 0.3 is 0 Å². The quantitative estimate of drug-likeness (QED) is 0.586. The van der Waals surface area contributed by atoms with Crippen LogP contribution in [-0.4, -0.2) is 18.0 Å². The third-order valence-electron chi connectivity index (χ3n) is 4.02. The molecule has 20 heavy (non-hydrogen) atoms. The second-order valence-electron chi connectivity index (χ2n) is 5.46. The zero-order valence-corrected chi connectivity index (χ0v) is 13.4. The van der Waals surface area contributed by atoms with E-state index >= 15 is 0 Å². The van der Waals surface area contributed by atoms with Crippen LogP contribution < -0.4 is 4.90 Å². The van der Waals surface area contributed by atoms with Crippen molar-refractivity contribution in [2.24, 2.45) is 5.92 Å². The van der Waals surface area contributed by atoms with Crippen molar-refractivity contribution in [1.29, 1.82) is 0 Å². The van der Waals surface area contributed by atoms with Crippen molar-refractivity contribution < 1.29 is 4.92 Å². The second-order valence-corrected chi connectivity index (χ2v) is 6.38. The molecule has 0 saturated carbocycles. The molecule has 0 N–H and O–H groups in total. The molecule has 0 spiro atoms. The van der Waals surface area contributed by atoms with E-state index in [1.807, 2.05) is 12.1 Å². The molecule has 0 aromatic heterocycles. The fraction of sp³-hybridized carbons (Fsp3) is 0.600.